The lowest BCUT2D eigenvalue weighted by Gasteiger charge is -2.31. The van der Waals surface area contributed by atoms with E-state index in [0.717, 1.165) is 28.0 Å². The summed E-state index contributed by atoms with van der Waals surface area (Å²) >= 11 is 14.2. The molecule has 1 aromatic heterocycles. The van der Waals surface area contributed by atoms with E-state index in [1.165, 1.54) is 5.56 Å². The molecule has 0 bridgehead atoms. The minimum absolute atomic E-state index is 0.181. The van der Waals surface area contributed by atoms with Crippen molar-refractivity contribution in [2.75, 3.05) is 4.72 Å². The molecule has 1 aliphatic heterocycles. The smallest absolute Gasteiger partial charge is 0.0731 e. The van der Waals surface area contributed by atoms with Gasteiger partial charge in [-0.05, 0) is 43.8 Å². The minimum atomic E-state index is 0.181. The number of aromatic nitrogens is 1. The Labute approximate surface area is 114 Å². The van der Waals surface area contributed by atoms with Crippen molar-refractivity contribution < 1.29 is 0 Å². The van der Waals surface area contributed by atoms with Crippen LogP contribution in [0.2, 0.25) is 10.0 Å². The standard InChI is InChI=1S/C12H12Cl2N2S/c1-12(2)4-6-3-7(13)9-8(14)5-15-11(9)10(6)16-17-12/h3,5,15-16H,4H2,1-2H3. The van der Waals surface area contributed by atoms with Gasteiger partial charge in [0.1, 0.15) is 0 Å². The van der Waals surface area contributed by atoms with Crippen molar-refractivity contribution in [3.8, 4) is 0 Å². The molecule has 2 heterocycles. The number of halogens is 2. The van der Waals surface area contributed by atoms with Crippen LogP contribution in [-0.2, 0) is 6.42 Å². The SMILES string of the molecule is CC1(C)Cc2cc(Cl)c3c(Cl)c[nH]c3c2NS1. The molecule has 2 N–H and O–H groups in total. The van der Waals surface area contributed by atoms with Gasteiger partial charge in [-0.2, -0.15) is 0 Å². The van der Waals surface area contributed by atoms with Crippen molar-refractivity contribution in [1.29, 1.82) is 0 Å². The van der Waals surface area contributed by atoms with Gasteiger partial charge in [-0.1, -0.05) is 23.2 Å². The number of benzene rings is 1. The number of hydrogen-bond donors (Lipinski definition) is 2. The van der Waals surface area contributed by atoms with Gasteiger partial charge in [0.25, 0.3) is 0 Å². The van der Waals surface area contributed by atoms with Crippen LogP contribution in [0.25, 0.3) is 10.9 Å². The van der Waals surface area contributed by atoms with Crippen LogP contribution in [0.4, 0.5) is 5.69 Å². The monoisotopic (exact) mass is 286 g/mol. The molecule has 0 aliphatic carbocycles. The van der Waals surface area contributed by atoms with Crippen LogP contribution >= 0.6 is 35.1 Å². The van der Waals surface area contributed by atoms with Crippen LogP contribution in [0.15, 0.2) is 12.3 Å². The Hall–Kier alpha value is -0.510. The second-order valence-electron chi connectivity index (χ2n) is 4.92. The van der Waals surface area contributed by atoms with Crippen LogP contribution < -0.4 is 4.72 Å². The third-order valence-electron chi connectivity index (χ3n) is 2.99. The summed E-state index contributed by atoms with van der Waals surface area (Å²) in [6, 6.07) is 2.02. The van der Waals surface area contributed by atoms with Crippen LogP contribution in [0.5, 0.6) is 0 Å². The average molecular weight is 287 g/mol. The van der Waals surface area contributed by atoms with E-state index in [4.69, 9.17) is 23.2 Å². The van der Waals surface area contributed by atoms with Gasteiger partial charge in [0.05, 0.1) is 21.2 Å². The molecule has 0 amide bonds. The molecule has 5 heteroatoms. The van der Waals surface area contributed by atoms with Gasteiger partial charge in [-0.25, -0.2) is 0 Å². The Morgan fingerprint density at radius 3 is 2.82 bits per heavy atom. The maximum atomic E-state index is 6.29. The van der Waals surface area contributed by atoms with E-state index >= 15 is 0 Å². The summed E-state index contributed by atoms with van der Waals surface area (Å²) in [5.41, 5.74) is 3.35. The van der Waals surface area contributed by atoms with Gasteiger partial charge in [-0.3, -0.25) is 0 Å². The highest BCUT2D eigenvalue weighted by Gasteiger charge is 2.28. The van der Waals surface area contributed by atoms with E-state index in [9.17, 15) is 0 Å². The van der Waals surface area contributed by atoms with E-state index < -0.39 is 0 Å². The van der Waals surface area contributed by atoms with E-state index in [0.29, 0.717) is 5.02 Å². The maximum absolute atomic E-state index is 6.29. The molecule has 90 valence electrons. The summed E-state index contributed by atoms with van der Waals surface area (Å²) in [5, 5.41) is 2.29. The van der Waals surface area contributed by atoms with Crippen molar-refractivity contribution >= 4 is 51.7 Å². The lowest BCUT2D eigenvalue weighted by atomic mass is 9.99. The normalized spacial score (nSPS) is 17.9. The fourth-order valence-corrected chi connectivity index (χ4v) is 3.69. The molecule has 3 rings (SSSR count). The highest BCUT2D eigenvalue weighted by Crippen LogP contribution is 2.44. The van der Waals surface area contributed by atoms with Crippen LogP contribution in [0.3, 0.4) is 0 Å². The largest absolute Gasteiger partial charge is 0.358 e. The summed E-state index contributed by atoms with van der Waals surface area (Å²) in [7, 11) is 0. The van der Waals surface area contributed by atoms with Crippen molar-refractivity contribution in [2.45, 2.75) is 25.0 Å². The van der Waals surface area contributed by atoms with Crippen LogP contribution in [0.1, 0.15) is 19.4 Å². The van der Waals surface area contributed by atoms with Crippen molar-refractivity contribution in [3.05, 3.63) is 27.9 Å². The van der Waals surface area contributed by atoms with Gasteiger partial charge < -0.3 is 9.71 Å². The number of rotatable bonds is 0. The van der Waals surface area contributed by atoms with E-state index in [1.807, 2.05) is 6.07 Å². The number of aromatic amines is 1. The molecule has 0 spiro atoms. The zero-order valence-corrected chi connectivity index (χ0v) is 11.9. The molecular formula is C12H12Cl2N2S. The molecule has 0 radical (unpaired) electrons. The lowest BCUT2D eigenvalue weighted by molar-refractivity contribution is 0.705. The van der Waals surface area contributed by atoms with Crippen LogP contribution in [0, 0.1) is 0 Å². The molecule has 0 unspecified atom stereocenters. The fourth-order valence-electron chi connectivity index (χ4n) is 2.23. The number of H-pyrrole nitrogens is 1. The first-order chi connectivity index (χ1) is 7.98. The molecule has 17 heavy (non-hydrogen) atoms. The van der Waals surface area contributed by atoms with Gasteiger partial charge >= 0.3 is 0 Å². The van der Waals surface area contributed by atoms with E-state index in [1.54, 1.807) is 18.1 Å². The van der Waals surface area contributed by atoms with Crippen molar-refractivity contribution in [1.82, 2.24) is 4.98 Å². The minimum Gasteiger partial charge on any atom is -0.358 e. The first kappa shape index (κ1) is 11.6. The molecule has 1 aliphatic rings. The molecule has 0 saturated carbocycles. The van der Waals surface area contributed by atoms with E-state index in [-0.39, 0.29) is 4.75 Å². The van der Waals surface area contributed by atoms with Crippen molar-refractivity contribution in [3.63, 3.8) is 0 Å². The predicted molar refractivity (Wildman–Crippen MR) is 77.3 cm³/mol. The quantitative estimate of drug-likeness (QED) is 0.676. The molecule has 2 nitrogen and oxygen atoms in total. The Morgan fingerprint density at radius 1 is 1.29 bits per heavy atom. The molecule has 1 aromatic carbocycles. The first-order valence-corrected chi connectivity index (χ1v) is 6.97. The Kier molecular flexibility index (Phi) is 2.55. The second kappa shape index (κ2) is 3.74. The number of fused-ring (bicyclic) bond motifs is 3. The number of anilines is 1. The summed E-state index contributed by atoms with van der Waals surface area (Å²) in [6.45, 7) is 4.43. The van der Waals surface area contributed by atoms with Gasteiger partial charge in [-0.15, -0.1) is 0 Å². The number of nitrogens with one attached hydrogen (secondary N) is 2. The summed E-state index contributed by atoms with van der Waals surface area (Å²) in [4.78, 5) is 3.19. The summed E-state index contributed by atoms with van der Waals surface area (Å²) in [5.74, 6) is 0. The first-order valence-electron chi connectivity index (χ1n) is 5.40. The molecule has 0 saturated heterocycles. The van der Waals surface area contributed by atoms with E-state index in [2.05, 4.69) is 23.6 Å². The van der Waals surface area contributed by atoms with Gasteiger partial charge in [0.2, 0.25) is 0 Å². The highest BCUT2D eigenvalue weighted by molar-refractivity contribution is 8.02. The Balaban J connectivity index is 2.28. The number of hydrogen-bond acceptors (Lipinski definition) is 2. The van der Waals surface area contributed by atoms with Gasteiger partial charge in [0, 0.05) is 16.3 Å². The zero-order valence-electron chi connectivity index (χ0n) is 9.53. The summed E-state index contributed by atoms with van der Waals surface area (Å²) < 4.78 is 3.59. The molecule has 2 aromatic rings. The molecule has 0 atom stereocenters. The van der Waals surface area contributed by atoms with Gasteiger partial charge in [0.15, 0.2) is 0 Å². The van der Waals surface area contributed by atoms with Crippen molar-refractivity contribution in [2.24, 2.45) is 0 Å². The topological polar surface area (TPSA) is 27.8 Å². The maximum Gasteiger partial charge on any atom is 0.0731 e. The second-order valence-corrected chi connectivity index (χ2v) is 7.25. The molecule has 0 fully saturated rings. The Morgan fingerprint density at radius 2 is 2.06 bits per heavy atom. The highest BCUT2D eigenvalue weighted by atomic mass is 35.5. The third kappa shape index (κ3) is 1.81. The van der Waals surface area contributed by atoms with Crippen LogP contribution in [-0.4, -0.2) is 9.73 Å². The summed E-state index contributed by atoms with van der Waals surface area (Å²) in [6.07, 6.45) is 2.77. The average Bonchev–Trinajstić information content (AvgIpc) is 2.59. The fraction of sp³-hybridized carbons (Fsp3) is 0.333. The molecular weight excluding hydrogens is 275 g/mol. The lowest BCUT2D eigenvalue weighted by Crippen LogP contribution is -2.25. The zero-order chi connectivity index (χ0) is 12.2. The third-order valence-corrected chi connectivity index (χ3v) is 4.59. The Bertz CT molecular complexity index is 604. The predicted octanol–water partition coefficient (Wildman–Crippen LogP) is 4.87.